The van der Waals surface area contributed by atoms with Crippen LogP contribution in [0.25, 0.3) is 0 Å². The zero-order valence-electron chi connectivity index (χ0n) is 11.3. The van der Waals surface area contributed by atoms with Crippen molar-refractivity contribution in [1.82, 2.24) is 15.5 Å². The molecule has 1 aliphatic rings. The number of nitrogens with one attached hydrogen (secondary N) is 2. The van der Waals surface area contributed by atoms with Crippen LogP contribution in [0.3, 0.4) is 0 Å². The molecular weight excluding hydrogens is 322 g/mol. The number of halogens is 1. The van der Waals surface area contributed by atoms with Gasteiger partial charge in [-0.25, -0.2) is 4.79 Å². The second-order valence-corrected chi connectivity index (χ2v) is 5.78. The fourth-order valence-corrected chi connectivity index (χ4v) is 2.47. The van der Waals surface area contributed by atoms with Crippen molar-refractivity contribution < 1.29 is 9.59 Å². The molecule has 1 saturated heterocycles. The Hall–Kier alpha value is -1.82. The third kappa shape index (κ3) is 2.85. The van der Waals surface area contributed by atoms with Crippen molar-refractivity contribution in [2.45, 2.75) is 6.04 Å². The molecule has 2 rings (SSSR count). The van der Waals surface area contributed by atoms with Crippen LogP contribution in [0.15, 0.2) is 41.0 Å². The summed E-state index contributed by atoms with van der Waals surface area (Å²) < 4.78 is 0.941. The number of rotatable bonds is 2. The van der Waals surface area contributed by atoms with E-state index in [9.17, 15) is 9.59 Å². The normalized spacial score (nSPS) is 21.9. The number of carbonyl (C=O) groups excluding carboxylic acids is 2. The van der Waals surface area contributed by atoms with Gasteiger partial charge in [0.25, 0.3) is 0 Å². The maximum absolute atomic E-state index is 12.3. The maximum atomic E-state index is 12.3. The van der Waals surface area contributed by atoms with E-state index in [0.29, 0.717) is 5.70 Å². The minimum absolute atomic E-state index is 0.101. The van der Waals surface area contributed by atoms with Crippen molar-refractivity contribution in [3.63, 3.8) is 0 Å². The standard InChI is InChI=1S/C14H16BrN3O2/c1-8-11(13(19)18(2)3)12(17-14(20)16-8)9-4-6-10(15)7-5-9/h4-7,11-12H,1H2,2-3H3,(H2,16,17,20)/t11-,12+/m0/s1. The van der Waals surface area contributed by atoms with Crippen LogP contribution >= 0.6 is 15.9 Å². The Balaban J connectivity index is 2.39. The fourth-order valence-electron chi connectivity index (χ4n) is 2.20. The molecular formula is C14H16BrN3O2. The summed E-state index contributed by atoms with van der Waals surface area (Å²) in [6.45, 7) is 3.81. The first-order valence-corrected chi connectivity index (χ1v) is 6.92. The highest BCUT2D eigenvalue weighted by atomic mass is 79.9. The Morgan fingerprint density at radius 1 is 1.30 bits per heavy atom. The van der Waals surface area contributed by atoms with Gasteiger partial charge in [0, 0.05) is 24.3 Å². The van der Waals surface area contributed by atoms with E-state index in [2.05, 4.69) is 33.1 Å². The van der Waals surface area contributed by atoms with Crippen molar-refractivity contribution in [3.8, 4) is 0 Å². The summed E-state index contributed by atoms with van der Waals surface area (Å²) in [5.41, 5.74) is 1.28. The van der Waals surface area contributed by atoms with Crippen molar-refractivity contribution in [3.05, 3.63) is 46.6 Å². The lowest BCUT2D eigenvalue weighted by atomic mass is 9.88. The number of amides is 3. The van der Waals surface area contributed by atoms with Crippen molar-refractivity contribution >= 4 is 27.9 Å². The van der Waals surface area contributed by atoms with Crippen LogP contribution in [0, 0.1) is 5.92 Å². The first-order chi connectivity index (χ1) is 9.40. The Morgan fingerprint density at radius 2 is 1.90 bits per heavy atom. The number of carbonyl (C=O) groups is 2. The largest absolute Gasteiger partial charge is 0.348 e. The van der Waals surface area contributed by atoms with Gasteiger partial charge in [0.05, 0.1) is 6.04 Å². The van der Waals surface area contributed by atoms with Gasteiger partial charge in [-0.2, -0.15) is 0 Å². The van der Waals surface area contributed by atoms with Gasteiger partial charge in [0.2, 0.25) is 5.91 Å². The Bertz CT molecular complexity index is 554. The summed E-state index contributed by atoms with van der Waals surface area (Å²) in [5, 5.41) is 5.37. The summed E-state index contributed by atoms with van der Waals surface area (Å²) in [7, 11) is 3.37. The molecule has 0 bridgehead atoms. The van der Waals surface area contributed by atoms with Crippen LogP contribution in [-0.2, 0) is 4.79 Å². The number of hydrogen-bond donors (Lipinski definition) is 2. The highest BCUT2D eigenvalue weighted by molar-refractivity contribution is 9.10. The van der Waals surface area contributed by atoms with Crippen LogP contribution < -0.4 is 10.6 Å². The van der Waals surface area contributed by atoms with Gasteiger partial charge >= 0.3 is 6.03 Å². The summed E-state index contributed by atoms with van der Waals surface area (Å²) >= 11 is 3.37. The number of urea groups is 1. The molecule has 0 saturated carbocycles. The number of hydrogen-bond acceptors (Lipinski definition) is 2. The average Bonchev–Trinajstić information content (AvgIpc) is 2.38. The molecule has 1 heterocycles. The monoisotopic (exact) mass is 337 g/mol. The third-order valence-corrected chi connectivity index (χ3v) is 3.73. The zero-order chi connectivity index (χ0) is 14.9. The van der Waals surface area contributed by atoms with Gasteiger partial charge in [-0.1, -0.05) is 34.6 Å². The molecule has 0 spiro atoms. The van der Waals surface area contributed by atoms with Crippen LogP contribution in [0.5, 0.6) is 0 Å². The minimum atomic E-state index is -0.524. The molecule has 1 aliphatic heterocycles. The van der Waals surface area contributed by atoms with Gasteiger partial charge in [0.15, 0.2) is 0 Å². The molecule has 1 aromatic rings. The summed E-state index contributed by atoms with van der Waals surface area (Å²) in [4.78, 5) is 25.5. The molecule has 20 heavy (non-hydrogen) atoms. The Kier molecular flexibility index (Phi) is 4.13. The van der Waals surface area contributed by atoms with Crippen LogP contribution in [0.1, 0.15) is 11.6 Å². The smallest absolute Gasteiger partial charge is 0.319 e. The second-order valence-electron chi connectivity index (χ2n) is 4.86. The minimum Gasteiger partial charge on any atom is -0.348 e. The average molecular weight is 338 g/mol. The zero-order valence-corrected chi connectivity index (χ0v) is 12.9. The van der Waals surface area contributed by atoms with E-state index in [4.69, 9.17) is 0 Å². The van der Waals surface area contributed by atoms with Crippen LogP contribution in [0.4, 0.5) is 4.79 Å². The van der Waals surface area contributed by atoms with Gasteiger partial charge < -0.3 is 15.5 Å². The van der Waals surface area contributed by atoms with Gasteiger partial charge in [0.1, 0.15) is 5.92 Å². The molecule has 0 aliphatic carbocycles. The predicted molar refractivity (Wildman–Crippen MR) is 79.9 cm³/mol. The summed E-state index contributed by atoms with van der Waals surface area (Å²) in [6, 6.07) is 6.75. The van der Waals surface area contributed by atoms with E-state index in [0.717, 1.165) is 10.0 Å². The lowest BCUT2D eigenvalue weighted by Gasteiger charge is -2.35. The molecule has 5 nitrogen and oxygen atoms in total. The van der Waals surface area contributed by atoms with E-state index >= 15 is 0 Å². The molecule has 2 atom stereocenters. The van der Waals surface area contributed by atoms with E-state index in [-0.39, 0.29) is 11.9 Å². The van der Waals surface area contributed by atoms with E-state index in [1.54, 1.807) is 14.1 Å². The van der Waals surface area contributed by atoms with Crippen molar-refractivity contribution in [2.75, 3.05) is 14.1 Å². The van der Waals surface area contributed by atoms with Gasteiger partial charge in [-0.05, 0) is 17.7 Å². The molecule has 2 N–H and O–H groups in total. The lowest BCUT2D eigenvalue weighted by molar-refractivity contribution is -0.132. The second kappa shape index (κ2) is 5.66. The first kappa shape index (κ1) is 14.6. The van der Waals surface area contributed by atoms with E-state index in [1.165, 1.54) is 4.90 Å². The third-order valence-electron chi connectivity index (χ3n) is 3.21. The van der Waals surface area contributed by atoms with Crippen molar-refractivity contribution in [1.29, 1.82) is 0 Å². The molecule has 0 radical (unpaired) electrons. The SMILES string of the molecule is C=C1NC(=O)N[C@H](c2ccc(Br)cc2)[C@H]1C(=O)N(C)C. The highest BCUT2D eigenvalue weighted by Crippen LogP contribution is 2.31. The van der Waals surface area contributed by atoms with E-state index in [1.807, 2.05) is 24.3 Å². The van der Waals surface area contributed by atoms with Crippen LogP contribution in [0.2, 0.25) is 0 Å². The molecule has 6 heteroatoms. The first-order valence-electron chi connectivity index (χ1n) is 6.13. The Morgan fingerprint density at radius 3 is 2.45 bits per heavy atom. The van der Waals surface area contributed by atoms with Crippen molar-refractivity contribution in [2.24, 2.45) is 5.92 Å². The van der Waals surface area contributed by atoms with Crippen LogP contribution in [-0.4, -0.2) is 30.9 Å². The lowest BCUT2D eigenvalue weighted by Crippen LogP contribution is -2.52. The summed E-state index contributed by atoms with van der Waals surface area (Å²) in [6.07, 6.45) is 0. The molecule has 1 fully saturated rings. The number of benzene rings is 1. The summed E-state index contributed by atoms with van der Waals surface area (Å²) in [5.74, 6) is -0.626. The quantitative estimate of drug-likeness (QED) is 0.867. The molecule has 0 aromatic heterocycles. The fraction of sp³-hybridized carbons (Fsp3) is 0.286. The molecule has 1 aromatic carbocycles. The predicted octanol–water partition coefficient (Wildman–Crippen LogP) is 2.02. The van der Waals surface area contributed by atoms with E-state index < -0.39 is 12.0 Å². The highest BCUT2D eigenvalue weighted by Gasteiger charge is 2.38. The van der Waals surface area contributed by atoms with Gasteiger partial charge in [-0.3, -0.25) is 4.79 Å². The maximum Gasteiger partial charge on any atom is 0.319 e. The van der Waals surface area contributed by atoms with Gasteiger partial charge in [-0.15, -0.1) is 0 Å². The molecule has 3 amide bonds. The molecule has 0 unspecified atom stereocenters. The Labute approximate surface area is 126 Å². The number of nitrogens with zero attached hydrogens (tertiary/aromatic N) is 1. The topological polar surface area (TPSA) is 61.4 Å². The molecule has 106 valence electrons.